The van der Waals surface area contributed by atoms with Crippen LogP contribution in [-0.2, 0) is 17.8 Å². The molecule has 0 saturated carbocycles. The molecule has 1 unspecified atom stereocenters. The molecule has 1 atom stereocenters. The highest BCUT2D eigenvalue weighted by Gasteiger charge is 2.22. The van der Waals surface area contributed by atoms with Crippen molar-refractivity contribution in [2.24, 2.45) is 0 Å². The number of hydrogen-bond donors (Lipinski definition) is 1. The summed E-state index contributed by atoms with van der Waals surface area (Å²) in [6.45, 7) is 9.86. The second-order valence-corrected chi connectivity index (χ2v) is 5.53. The fourth-order valence-corrected chi connectivity index (χ4v) is 2.83. The normalized spacial score (nSPS) is 19.7. The number of methoxy groups -OCH3 is 1. The van der Waals surface area contributed by atoms with Crippen LogP contribution < -0.4 is 10.1 Å². The van der Waals surface area contributed by atoms with Crippen molar-refractivity contribution in [2.75, 3.05) is 33.4 Å². The van der Waals surface area contributed by atoms with Gasteiger partial charge in [0, 0.05) is 31.2 Å². The van der Waals surface area contributed by atoms with Crippen LogP contribution in [0, 0.1) is 0 Å². The summed E-state index contributed by atoms with van der Waals surface area (Å²) < 4.78 is 11.1. The van der Waals surface area contributed by atoms with E-state index in [4.69, 9.17) is 9.47 Å². The Hall–Kier alpha value is -1.10. The quantitative estimate of drug-likeness (QED) is 0.837. The Morgan fingerprint density at radius 3 is 2.95 bits per heavy atom. The van der Waals surface area contributed by atoms with Gasteiger partial charge in [-0.3, -0.25) is 4.90 Å². The molecule has 118 valence electrons. The first kappa shape index (κ1) is 16.3. The van der Waals surface area contributed by atoms with Gasteiger partial charge in [-0.15, -0.1) is 0 Å². The first-order valence-electron chi connectivity index (χ1n) is 7.96. The van der Waals surface area contributed by atoms with Crippen LogP contribution in [0.4, 0.5) is 0 Å². The third-order valence-electron chi connectivity index (χ3n) is 4.12. The second kappa shape index (κ2) is 8.37. The van der Waals surface area contributed by atoms with Gasteiger partial charge in [0.05, 0.1) is 20.3 Å². The molecule has 1 aromatic rings. The summed E-state index contributed by atoms with van der Waals surface area (Å²) in [6, 6.07) is 7.01. The van der Waals surface area contributed by atoms with E-state index in [1.165, 1.54) is 11.1 Å². The lowest BCUT2D eigenvalue weighted by atomic mass is 10.1. The van der Waals surface area contributed by atoms with Crippen molar-refractivity contribution in [3.63, 3.8) is 0 Å². The summed E-state index contributed by atoms with van der Waals surface area (Å²) in [5.74, 6) is 0.983. The maximum Gasteiger partial charge on any atom is 0.123 e. The minimum Gasteiger partial charge on any atom is -0.496 e. The molecule has 1 aliphatic heterocycles. The molecule has 0 aliphatic carbocycles. The predicted octanol–water partition coefficient (Wildman–Crippen LogP) is 2.42. The number of ether oxygens (including phenoxy) is 2. The number of benzene rings is 1. The van der Waals surface area contributed by atoms with E-state index >= 15 is 0 Å². The molecule has 2 rings (SSSR count). The van der Waals surface area contributed by atoms with Crippen LogP contribution in [-0.4, -0.2) is 44.4 Å². The number of nitrogens with zero attached hydrogens (tertiary/aromatic N) is 1. The van der Waals surface area contributed by atoms with Gasteiger partial charge in [0.1, 0.15) is 5.75 Å². The zero-order valence-electron chi connectivity index (χ0n) is 13.5. The smallest absolute Gasteiger partial charge is 0.123 e. The standard InChI is InChI=1S/C17H28N2O2/c1-4-16-13-21-9-8-19(16)12-15-10-14(11-18-5-2)6-7-17(15)20-3/h6-7,10,16,18H,4-5,8-9,11-13H2,1-3H3. The van der Waals surface area contributed by atoms with Gasteiger partial charge in [-0.1, -0.05) is 19.9 Å². The van der Waals surface area contributed by atoms with Crippen LogP contribution >= 0.6 is 0 Å². The molecule has 1 aliphatic rings. The number of morpholine rings is 1. The van der Waals surface area contributed by atoms with Crippen molar-refractivity contribution in [1.82, 2.24) is 10.2 Å². The third-order valence-corrected chi connectivity index (χ3v) is 4.12. The number of nitrogens with one attached hydrogen (secondary N) is 1. The van der Waals surface area contributed by atoms with E-state index in [0.29, 0.717) is 6.04 Å². The largest absolute Gasteiger partial charge is 0.496 e. The van der Waals surface area contributed by atoms with Gasteiger partial charge in [0.25, 0.3) is 0 Å². The topological polar surface area (TPSA) is 33.7 Å². The average molecular weight is 292 g/mol. The third kappa shape index (κ3) is 4.43. The van der Waals surface area contributed by atoms with Gasteiger partial charge in [0.15, 0.2) is 0 Å². The van der Waals surface area contributed by atoms with Gasteiger partial charge in [-0.2, -0.15) is 0 Å². The minimum absolute atomic E-state index is 0.515. The first-order valence-corrected chi connectivity index (χ1v) is 7.96. The molecule has 0 bridgehead atoms. The second-order valence-electron chi connectivity index (χ2n) is 5.53. The van der Waals surface area contributed by atoms with Crippen molar-refractivity contribution < 1.29 is 9.47 Å². The summed E-state index contributed by atoms with van der Waals surface area (Å²) in [4.78, 5) is 2.51. The fraction of sp³-hybridized carbons (Fsp3) is 0.647. The van der Waals surface area contributed by atoms with Crippen molar-refractivity contribution in [3.8, 4) is 5.75 Å². The summed E-state index contributed by atoms with van der Waals surface area (Å²) in [5.41, 5.74) is 2.59. The van der Waals surface area contributed by atoms with E-state index in [0.717, 1.165) is 51.6 Å². The maximum absolute atomic E-state index is 5.59. The van der Waals surface area contributed by atoms with Crippen LogP contribution in [0.5, 0.6) is 5.75 Å². The average Bonchev–Trinajstić information content (AvgIpc) is 2.53. The van der Waals surface area contributed by atoms with Gasteiger partial charge in [-0.25, -0.2) is 0 Å². The van der Waals surface area contributed by atoms with Crippen molar-refractivity contribution in [3.05, 3.63) is 29.3 Å². The Morgan fingerprint density at radius 1 is 1.38 bits per heavy atom. The van der Waals surface area contributed by atoms with Gasteiger partial charge >= 0.3 is 0 Å². The van der Waals surface area contributed by atoms with Crippen LogP contribution in [0.1, 0.15) is 31.4 Å². The number of hydrogen-bond acceptors (Lipinski definition) is 4. The molecule has 1 heterocycles. The van der Waals surface area contributed by atoms with Crippen molar-refractivity contribution in [2.45, 2.75) is 39.4 Å². The van der Waals surface area contributed by atoms with Gasteiger partial charge in [-0.05, 0) is 30.7 Å². The Labute approximate surface area is 128 Å². The molecule has 0 aromatic heterocycles. The number of rotatable bonds is 7. The van der Waals surface area contributed by atoms with E-state index in [2.05, 4.69) is 42.3 Å². The molecule has 0 spiro atoms. The highest BCUT2D eigenvalue weighted by molar-refractivity contribution is 5.37. The molecular weight excluding hydrogens is 264 g/mol. The molecular formula is C17H28N2O2. The molecule has 1 saturated heterocycles. The van der Waals surface area contributed by atoms with Crippen LogP contribution in [0.3, 0.4) is 0 Å². The lowest BCUT2D eigenvalue weighted by Crippen LogP contribution is -2.44. The summed E-state index contributed by atoms with van der Waals surface area (Å²) >= 11 is 0. The maximum atomic E-state index is 5.59. The fourth-order valence-electron chi connectivity index (χ4n) is 2.83. The Kier molecular flexibility index (Phi) is 6.49. The minimum atomic E-state index is 0.515. The van der Waals surface area contributed by atoms with Crippen molar-refractivity contribution >= 4 is 0 Å². The molecule has 1 fully saturated rings. The van der Waals surface area contributed by atoms with Crippen LogP contribution in [0.2, 0.25) is 0 Å². The molecule has 21 heavy (non-hydrogen) atoms. The van der Waals surface area contributed by atoms with Gasteiger partial charge < -0.3 is 14.8 Å². The lowest BCUT2D eigenvalue weighted by molar-refractivity contribution is -0.0130. The molecule has 4 nitrogen and oxygen atoms in total. The zero-order chi connectivity index (χ0) is 15.1. The summed E-state index contributed by atoms with van der Waals surface area (Å²) in [5, 5.41) is 3.38. The Morgan fingerprint density at radius 2 is 2.24 bits per heavy atom. The van der Waals surface area contributed by atoms with Crippen molar-refractivity contribution in [1.29, 1.82) is 0 Å². The molecule has 0 radical (unpaired) electrons. The highest BCUT2D eigenvalue weighted by Crippen LogP contribution is 2.24. The molecule has 1 N–H and O–H groups in total. The van der Waals surface area contributed by atoms with E-state index in [1.807, 2.05) is 0 Å². The van der Waals surface area contributed by atoms with E-state index in [-0.39, 0.29) is 0 Å². The predicted molar refractivity (Wildman–Crippen MR) is 85.7 cm³/mol. The lowest BCUT2D eigenvalue weighted by Gasteiger charge is -2.35. The van der Waals surface area contributed by atoms with E-state index < -0.39 is 0 Å². The first-order chi connectivity index (χ1) is 10.3. The van der Waals surface area contributed by atoms with Crippen LogP contribution in [0.25, 0.3) is 0 Å². The van der Waals surface area contributed by atoms with Crippen LogP contribution in [0.15, 0.2) is 18.2 Å². The Bertz CT molecular complexity index is 437. The molecule has 1 aromatic carbocycles. The monoisotopic (exact) mass is 292 g/mol. The Balaban J connectivity index is 2.12. The highest BCUT2D eigenvalue weighted by atomic mass is 16.5. The summed E-state index contributed by atoms with van der Waals surface area (Å²) in [6.07, 6.45) is 1.12. The SMILES string of the molecule is CCNCc1ccc(OC)c(CN2CCOCC2CC)c1. The molecule has 4 heteroatoms. The zero-order valence-corrected chi connectivity index (χ0v) is 13.5. The summed E-state index contributed by atoms with van der Waals surface area (Å²) in [7, 11) is 1.75. The van der Waals surface area contributed by atoms with E-state index in [9.17, 15) is 0 Å². The van der Waals surface area contributed by atoms with E-state index in [1.54, 1.807) is 7.11 Å². The van der Waals surface area contributed by atoms with Gasteiger partial charge in [0.2, 0.25) is 0 Å². The molecule has 0 amide bonds.